The Hall–Kier alpha value is -5.79. The van der Waals surface area contributed by atoms with Crippen LogP contribution in [-0.2, 0) is 17.3 Å². The summed E-state index contributed by atoms with van der Waals surface area (Å²) in [6.07, 6.45) is 5.10. The minimum atomic E-state index is -0.115. The van der Waals surface area contributed by atoms with Crippen LogP contribution in [-0.4, -0.2) is 6.21 Å². The lowest BCUT2D eigenvalue weighted by atomic mass is 9.81. The Morgan fingerprint density at radius 2 is 1.14 bits per heavy atom. The first-order valence-electron chi connectivity index (χ1n) is 18.1. The summed E-state index contributed by atoms with van der Waals surface area (Å²) in [5.74, 6) is 0. The highest BCUT2D eigenvalue weighted by molar-refractivity contribution is 5.98. The molecule has 0 saturated carbocycles. The first-order valence-corrected chi connectivity index (χ1v) is 18.1. The van der Waals surface area contributed by atoms with Crippen LogP contribution in [0.3, 0.4) is 0 Å². The molecule has 0 bridgehead atoms. The van der Waals surface area contributed by atoms with Crippen LogP contribution < -0.4 is 0 Å². The van der Waals surface area contributed by atoms with Gasteiger partial charge in [-0.1, -0.05) is 173 Å². The molecule has 0 saturated heterocycles. The van der Waals surface area contributed by atoms with Crippen molar-refractivity contribution in [2.75, 3.05) is 0 Å². The molecule has 1 nitrogen and oxygen atoms in total. The van der Waals surface area contributed by atoms with Crippen molar-refractivity contribution in [3.05, 3.63) is 197 Å². The van der Waals surface area contributed by atoms with Gasteiger partial charge in [0.05, 0.1) is 5.70 Å². The largest absolute Gasteiger partial charge is 0.256 e. The fourth-order valence-electron chi connectivity index (χ4n) is 8.68. The van der Waals surface area contributed by atoms with Crippen LogP contribution in [0.1, 0.15) is 66.6 Å². The summed E-state index contributed by atoms with van der Waals surface area (Å²) in [5, 5.41) is 2.55. The van der Waals surface area contributed by atoms with Crippen molar-refractivity contribution in [1.29, 1.82) is 0 Å². The normalized spacial score (nSPS) is 15.1. The first-order chi connectivity index (χ1) is 24.8. The molecule has 7 aromatic carbocycles. The maximum Gasteiger partial charge on any atom is 0.0672 e. The molecule has 0 fully saturated rings. The van der Waals surface area contributed by atoms with Gasteiger partial charge in [0.15, 0.2) is 0 Å². The molecule has 51 heavy (non-hydrogen) atoms. The van der Waals surface area contributed by atoms with Crippen molar-refractivity contribution in [3.63, 3.8) is 0 Å². The summed E-state index contributed by atoms with van der Waals surface area (Å²) < 4.78 is 0. The fraction of sp³-hybridized carbons (Fsp3) is 0.140. The predicted octanol–water partition coefficient (Wildman–Crippen LogP) is 12.8. The van der Waals surface area contributed by atoms with Gasteiger partial charge in [-0.2, -0.15) is 0 Å². The van der Waals surface area contributed by atoms with Crippen molar-refractivity contribution >= 4 is 22.7 Å². The fourth-order valence-corrected chi connectivity index (χ4v) is 8.68. The van der Waals surface area contributed by atoms with E-state index in [1.165, 1.54) is 77.5 Å². The Bertz CT molecular complexity index is 2540. The van der Waals surface area contributed by atoms with E-state index in [0.717, 1.165) is 17.7 Å². The quantitative estimate of drug-likeness (QED) is 0.158. The van der Waals surface area contributed by atoms with E-state index in [-0.39, 0.29) is 10.8 Å². The van der Waals surface area contributed by atoms with E-state index >= 15 is 0 Å². The highest BCUT2D eigenvalue weighted by Gasteiger charge is 2.38. The highest BCUT2D eigenvalue weighted by Crippen LogP contribution is 2.53. The van der Waals surface area contributed by atoms with E-state index in [1.54, 1.807) is 0 Å². The van der Waals surface area contributed by atoms with Gasteiger partial charge in [0, 0.05) is 22.6 Å². The van der Waals surface area contributed by atoms with Gasteiger partial charge in [-0.25, -0.2) is 0 Å². The average Bonchev–Trinajstić information content (AvgIpc) is 3.54. The van der Waals surface area contributed by atoms with Crippen molar-refractivity contribution in [2.24, 2.45) is 4.99 Å². The third-order valence-corrected chi connectivity index (χ3v) is 11.4. The number of fused-ring (bicyclic) bond motifs is 7. The van der Waals surface area contributed by atoms with Crippen LogP contribution in [0.25, 0.3) is 49.9 Å². The first kappa shape index (κ1) is 31.2. The Morgan fingerprint density at radius 3 is 1.96 bits per heavy atom. The van der Waals surface area contributed by atoms with E-state index < -0.39 is 0 Å². The van der Waals surface area contributed by atoms with Gasteiger partial charge < -0.3 is 0 Å². The van der Waals surface area contributed by atoms with E-state index in [2.05, 4.69) is 185 Å². The monoisotopic (exact) mass is 655 g/mol. The van der Waals surface area contributed by atoms with Gasteiger partial charge in [0.25, 0.3) is 0 Å². The molecule has 0 radical (unpaired) electrons. The molecule has 0 amide bonds. The lowest BCUT2D eigenvalue weighted by Crippen LogP contribution is -2.15. The zero-order chi connectivity index (χ0) is 34.7. The van der Waals surface area contributed by atoms with Crippen LogP contribution in [0.2, 0.25) is 0 Å². The van der Waals surface area contributed by atoms with Crippen molar-refractivity contribution in [2.45, 2.75) is 44.9 Å². The van der Waals surface area contributed by atoms with Crippen molar-refractivity contribution < 1.29 is 0 Å². The number of rotatable bonds is 6. The number of allylic oxidation sites excluding steroid dienone is 1. The number of hydrogen-bond acceptors (Lipinski definition) is 1. The molecule has 0 atom stereocenters. The number of hydrogen-bond donors (Lipinski definition) is 0. The molecular weight excluding hydrogens is 615 g/mol. The zero-order valence-electron chi connectivity index (χ0n) is 29.7. The van der Waals surface area contributed by atoms with E-state index in [4.69, 9.17) is 4.99 Å². The van der Waals surface area contributed by atoms with Gasteiger partial charge in [-0.3, -0.25) is 4.99 Å². The number of nitrogens with zero attached hydrogens (tertiary/aromatic N) is 1. The molecule has 0 aromatic heterocycles. The SMILES string of the molecule is CC1(C)c2cc3ccccc3cc2-c2c(C(=C/Cc3cccc(-c4cccc5c4-c4ccccc4C5(C)C)c3)/N=C/c3ccccc3)cccc21. The van der Waals surface area contributed by atoms with E-state index in [1.807, 2.05) is 6.21 Å². The molecule has 9 rings (SSSR count). The Morgan fingerprint density at radius 1 is 0.510 bits per heavy atom. The highest BCUT2D eigenvalue weighted by atomic mass is 14.7. The molecule has 0 N–H and O–H groups in total. The summed E-state index contributed by atoms with van der Waals surface area (Å²) >= 11 is 0. The van der Waals surface area contributed by atoms with Crippen molar-refractivity contribution in [1.82, 2.24) is 0 Å². The van der Waals surface area contributed by atoms with Gasteiger partial charge in [0.2, 0.25) is 0 Å². The second-order valence-electron chi connectivity index (χ2n) is 15.2. The van der Waals surface area contributed by atoms with Gasteiger partial charge >= 0.3 is 0 Å². The average molecular weight is 656 g/mol. The topological polar surface area (TPSA) is 12.4 Å². The molecule has 2 aliphatic rings. The Kier molecular flexibility index (Phi) is 7.30. The molecule has 2 aliphatic carbocycles. The number of aliphatic imine (C=N–C) groups is 1. The standard InChI is InChI=1S/C50H41N/c1-49(2)42-24-11-10-21-39(42)47-38(22-13-25-43(47)49)37-20-12-17-33(29-37)27-28-46(51-32-34-15-6-5-7-16-34)40-23-14-26-44-48(40)41-30-35-18-8-9-19-36(35)31-45(41)50(44,3)4/h5-26,28-32H,27H2,1-4H3/b46-28-,51-32+. The summed E-state index contributed by atoms with van der Waals surface area (Å²) in [6.45, 7) is 9.42. The molecule has 0 aliphatic heterocycles. The Labute approximate surface area is 301 Å². The molecule has 0 spiro atoms. The smallest absolute Gasteiger partial charge is 0.0672 e. The van der Waals surface area contributed by atoms with Gasteiger partial charge in [-0.05, 0) is 96.1 Å². The predicted molar refractivity (Wildman–Crippen MR) is 217 cm³/mol. The van der Waals surface area contributed by atoms with Crippen LogP contribution in [0.5, 0.6) is 0 Å². The molecule has 0 heterocycles. The zero-order valence-corrected chi connectivity index (χ0v) is 29.7. The second-order valence-corrected chi connectivity index (χ2v) is 15.2. The van der Waals surface area contributed by atoms with E-state index in [0.29, 0.717) is 0 Å². The summed E-state index contributed by atoms with van der Waals surface area (Å²) in [4.78, 5) is 5.24. The molecule has 7 aromatic rings. The molecule has 0 unspecified atom stereocenters. The maximum absolute atomic E-state index is 5.24. The van der Waals surface area contributed by atoms with Gasteiger partial charge in [-0.15, -0.1) is 0 Å². The maximum atomic E-state index is 5.24. The molecular formula is C50H41N. The van der Waals surface area contributed by atoms with Gasteiger partial charge in [0.1, 0.15) is 0 Å². The lowest BCUT2D eigenvalue weighted by Gasteiger charge is -2.22. The summed E-state index contributed by atoms with van der Waals surface area (Å²) in [6, 6.07) is 55.5. The third kappa shape index (κ3) is 5.11. The van der Waals surface area contributed by atoms with Crippen LogP contribution in [0.15, 0.2) is 163 Å². The van der Waals surface area contributed by atoms with Crippen molar-refractivity contribution in [3.8, 4) is 33.4 Å². The third-order valence-electron chi connectivity index (χ3n) is 11.4. The Balaban J connectivity index is 1.16. The molecule has 1 heteroatoms. The van der Waals surface area contributed by atoms with Crippen LogP contribution >= 0.6 is 0 Å². The molecule has 246 valence electrons. The minimum absolute atomic E-state index is 0.0244. The van der Waals surface area contributed by atoms with Crippen LogP contribution in [0, 0.1) is 0 Å². The second kappa shape index (κ2) is 11.9. The minimum Gasteiger partial charge on any atom is -0.256 e. The van der Waals surface area contributed by atoms with E-state index in [9.17, 15) is 0 Å². The summed E-state index contributed by atoms with van der Waals surface area (Å²) in [5.41, 5.74) is 17.8. The summed E-state index contributed by atoms with van der Waals surface area (Å²) in [7, 11) is 0. The lowest BCUT2D eigenvalue weighted by molar-refractivity contribution is 0.660. The number of benzene rings is 7. The van der Waals surface area contributed by atoms with Crippen LogP contribution in [0.4, 0.5) is 0 Å².